The third-order valence-corrected chi connectivity index (χ3v) is 4.32. The molecule has 0 heterocycles. The van der Waals surface area contributed by atoms with Crippen molar-refractivity contribution in [2.45, 2.75) is 39.5 Å². The van der Waals surface area contributed by atoms with Crippen LogP contribution in [0.25, 0.3) is 0 Å². The first kappa shape index (κ1) is 21.0. The van der Waals surface area contributed by atoms with Crippen LogP contribution in [0.15, 0.2) is 54.6 Å². The van der Waals surface area contributed by atoms with Crippen LogP contribution in [0.4, 0.5) is 5.69 Å². The number of nitrogens with zero attached hydrogens (tertiary/aromatic N) is 1. The number of carbonyl (C=O) groups is 1. The number of hydrogen-bond acceptors (Lipinski definition) is 3. The molecule has 0 spiro atoms. The number of carbonyl (C=O) groups excluding carboxylic acids is 1. The summed E-state index contributed by atoms with van der Waals surface area (Å²) in [5.41, 5.74) is 2.06. The number of rotatable bonds is 12. The van der Waals surface area contributed by atoms with Gasteiger partial charge in [0.15, 0.2) is 0 Å². The lowest BCUT2D eigenvalue weighted by Gasteiger charge is -2.20. The third-order valence-electron chi connectivity index (χ3n) is 4.32. The molecular weight excluding hydrogens is 336 g/mol. The first-order valence-electron chi connectivity index (χ1n) is 10.0. The Hall–Kier alpha value is -2.33. The molecule has 0 atom stereocenters. The van der Waals surface area contributed by atoms with E-state index in [4.69, 9.17) is 4.74 Å². The molecule has 2 aromatic rings. The SMILES string of the molecule is CCCN(CCC)CC(=O)Nc1ccccc1OCCCc1ccccc1. The Morgan fingerprint density at radius 2 is 1.63 bits per heavy atom. The number of benzene rings is 2. The Labute approximate surface area is 163 Å². The molecule has 2 aromatic carbocycles. The van der Waals surface area contributed by atoms with Crippen molar-refractivity contribution in [1.82, 2.24) is 4.90 Å². The first-order valence-corrected chi connectivity index (χ1v) is 10.0. The molecule has 0 aliphatic carbocycles. The molecule has 0 fully saturated rings. The number of nitrogens with one attached hydrogen (secondary N) is 1. The predicted octanol–water partition coefficient (Wildman–Crippen LogP) is 4.76. The van der Waals surface area contributed by atoms with E-state index < -0.39 is 0 Å². The van der Waals surface area contributed by atoms with E-state index in [2.05, 4.69) is 48.3 Å². The number of aryl methyl sites for hydroxylation is 1. The Bertz CT molecular complexity index is 667. The van der Waals surface area contributed by atoms with E-state index in [1.165, 1.54) is 5.56 Å². The Morgan fingerprint density at radius 3 is 2.33 bits per heavy atom. The third kappa shape index (κ3) is 7.83. The highest BCUT2D eigenvalue weighted by Gasteiger charge is 2.11. The highest BCUT2D eigenvalue weighted by atomic mass is 16.5. The standard InChI is InChI=1S/C23H32N2O2/c1-3-16-25(17-4-2)19-23(26)24-21-14-8-9-15-22(21)27-18-10-13-20-11-6-5-7-12-20/h5-9,11-12,14-15H,3-4,10,13,16-19H2,1-2H3,(H,24,26). The largest absolute Gasteiger partial charge is 0.491 e. The molecule has 0 aromatic heterocycles. The molecule has 0 aliphatic heterocycles. The molecular formula is C23H32N2O2. The fraction of sp³-hybridized carbons (Fsp3) is 0.435. The molecule has 0 saturated carbocycles. The molecule has 0 saturated heterocycles. The van der Waals surface area contributed by atoms with Gasteiger partial charge in [0, 0.05) is 0 Å². The van der Waals surface area contributed by atoms with Crippen molar-refractivity contribution in [1.29, 1.82) is 0 Å². The van der Waals surface area contributed by atoms with Gasteiger partial charge in [-0.25, -0.2) is 0 Å². The normalized spacial score (nSPS) is 10.8. The van der Waals surface area contributed by atoms with E-state index in [0.717, 1.165) is 50.2 Å². The van der Waals surface area contributed by atoms with Crippen LogP contribution >= 0.6 is 0 Å². The van der Waals surface area contributed by atoms with Gasteiger partial charge in [0.1, 0.15) is 5.75 Å². The monoisotopic (exact) mass is 368 g/mol. The van der Waals surface area contributed by atoms with E-state index in [1.54, 1.807) is 0 Å². The molecule has 27 heavy (non-hydrogen) atoms. The van der Waals surface area contributed by atoms with E-state index in [9.17, 15) is 4.79 Å². The molecule has 146 valence electrons. The molecule has 0 unspecified atom stereocenters. The first-order chi connectivity index (χ1) is 13.2. The summed E-state index contributed by atoms with van der Waals surface area (Å²) in [5, 5.41) is 3.01. The maximum Gasteiger partial charge on any atom is 0.238 e. The van der Waals surface area contributed by atoms with Gasteiger partial charge in [-0.2, -0.15) is 0 Å². The number of ether oxygens (including phenoxy) is 1. The van der Waals surface area contributed by atoms with Gasteiger partial charge < -0.3 is 10.1 Å². The van der Waals surface area contributed by atoms with Crippen LogP contribution in [0.2, 0.25) is 0 Å². The minimum absolute atomic E-state index is 0.0113. The maximum absolute atomic E-state index is 12.4. The van der Waals surface area contributed by atoms with Crippen LogP contribution in [0, 0.1) is 0 Å². The lowest BCUT2D eigenvalue weighted by Crippen LogP contribution is -2.34. The van der Waals surface area contributed by atoms with Gasteiger partial charge in [0.25, 0.3) is 0 Å². The fourth-order valence-corrected chi connectivity index (χ4v) is 3.09. The highest BCUT2D eigenvalue weighted by Crippen LogP contribution is 2.24. The van der Waals surface area contributed by atoms with Crippen LogP contribution < -0.4 is 10.1 Å². The van der Waals surface area contributed by atoms with Gasteiger partial charge in [0.05, 0.1) is 18.8 Å². The summed E-state index contributed by atoms with van der Waals surface area (Å²) >= 11 is 0. The highest BCUT2D eigenvalue weighted by molar-refractivity contribution is 5.93. The lowest BCUT2D eigenvalue weighted by molar-refractivity contribution is -0.117. The molecule has 1 amide bonds. The molecule has 0 radical (unpaired) electrons. The number of amides is 1. The summed E-state index contributed by atoms with van der Waals surface area (Å²) in [6.07, 6.45) is 4.02. The molecule has 0 aliphatic rings. The second-order valence-corrected chi connectivity index (χ2v) is 6.76. The van der Waals surface area contributed by atoms with E-state index in [0.29, 0.717) is 13.2 Å². The van der Waals surface area contributed by atoms with E-state index >= 15 is 0 Å². The predicted molar refractivity (Wildman–Crippen MR) is 112 cm³/mol. The van der Waals surface area contributed by atoms with Crippen molar-refractivity contribution in [3.05, 3.63) is 60.2 Å². The van der Waals surface area contributed by atoms with Crippen LogP contribution in [0.3, 0.4) is 0 Å². The summed E-state index contributed by atoms with van der Waals surface area (Å²) in [6, 6.07) is 18.1. The molecule has 2 rings (SSSR count). The Morgan fingerprint density at radius 1 is 0.963 bits per heavy atom. The zero-order chi connectivity index (χ0) is 19.3. The van der Waals surface area contributed by atoms with Crippen LogP contribution in [0.5, 0.6) is 5.75 Å². The number of hydrogen-bond donors (Lipinski definition) is 1. The number of para-hydroxylation sites is 2. The molecule has 4 heteroatoms. The van der Waals surface area contributed by atoms with Crippen molar-refractivity contribution >= 4 is 11.6 Å². The summed E-state index contributed by atoms with van der Waals surface area (Å²) in [6.45, 7) is 7.21. The van der Waals surface area contributed by atoms with Gasteiger partial charge in [-0.3, -0.25) is 9.69 Å². The smallest absolute Gasteiger partial charge is 0.238 e. The van der Waals surface area contributed by atoms with Crippen molar-refractivity contribution in [3.8, 4) is 5.75 Å². The van der Waals surface area contributed by atoms with Crippen LogP contribution in [0.1, 0.15) is 38.7 Å². The van der Waals surface area contributed by atoms with Crippen molar-refractivity contribution in [2.24, 2.45) is 0 Å². The quantitative estimate of drug-likeness (QED) is 0.549. The molecule has 4 nitrogen and oxygen atoms in total. The van der Waals surface area contributed by atoms with Crippen LogP contribution in [-0.4, -0.2) is 37.0 Å². The summed E-state index contributed by atoms with van der Waals surface area (Å²) < 4.78 is 5.93. The zero-order valence-corrected chi connectivity index (χ0v) is 16.6. The summed E-state index contributed by atoms with van der Waals surface area (Å²) in [7, 11) is 0. The van der Waals surface area contributed by atoms with E-state index in [-0.39, 0.29) is 5.91 Å². The fourth-order valence-electron chi connectivity index (χ4n) is 3.09. The average Bonchev–Trinajstić information content (AvgIpc) is 2.67. The van der Waals surface area contributed by atoms with Crippen molar-refractivity contribution in [2.75, 3.05) is 31.6 Å². The van der Waals surface area contributed by atoms with Crippen molar-refractivity contribution < 1.29 is 9.53 Å². The van der Waals surface area contributed by atoms with Crippen LogP contribution in [-0.2, 0) is 11.2 Å². The number of anilines is 1. The topological polar surface area (TPSA) is 41.6 Å². The summed E-state index contributed by atoms with van der Waals surface area (Å²) in [5.74, 6) is 0.744. The zero-order valence-electron chi connectivity index (χ0n) is 16.6. The van der Waals surface area contributed by atoms with Gasteiger partial charge in [0.2, 0.25) is 5.91 Å². The molecule has 0 bridgehead atoms. The maximum atomic E-state index is 12.4. The van der Waals surface area contributed by atoms with Gasteiger partial charge in [-0.1, -0.05) is 56.3 Å². The van der Waals surface area contributed by atoms with Gasteiger partial charge in [-0.15, -0.1) is 0 Å². The summed E-state index contributed by atoms with van der Waals surface area (Å²) in [4.78, 5) is 14.6. The lowest BCUT2D eigenvalue weighted by atomic mass is 10.1. The second-order valence-electron chi connectivity index (χ2n) is 6.76. The van der Waals surface area contributed by atoms with Crippen molar-refractivity contribution in [3.63, 3.8) is 0 Å². The van der Waals surface area contributed by atoms with Gasteiger partial charge >= 0.3 is 0 Å². The van der Waals surface area contributed by atoms with E-state index in [1.807, 2.05) is 30.3 Å². The minimum Gasteiger partial charge on any atom is -0.491 e. The Kier molecular flexibility index (Phi) is 9.42. The Balaban J connectivity index is 1.84. The second kappa shape index (κ2) is 12.1. The average molecular weight is 369 g/mol. The molecule has 1 N–H and O–H groups in total. The minimum atomic E-state index is 0.0113. The van der Waals surface area contributed by atoms with Gasteiger partial charge in [-0.05, 0) is 56.5 Å².